The zero-order valence-electron chi connectivity index (χ0n) is 14.4. The first-order valence-corrected chi connectivity index (χ1v) is 7.63. The number of halogens is 1. The molecule has 0 bridgehead atoms. The van der Waals surface area contributed by atoms with Crippen molar-refractivity contribution in [2.24, 2.45) is 0 Å². The molecule has 0 aliphatic carbocycles. The molecule has 0 saturated carbocycles. The summed E-state index contributed by atoms with van der Waals surface area (Å²) in [6.07, 6.45) is 0. The van der Waals surface area contributed by atoms with Crippen LogP contribution < -0.4 is 0 Å². The molecule has 130 valence electrons. The summed E-state index contributed by atoms with van der Waals surface area (Å²) in [4.78, 5) is 38.7. The minimum absolute atomic E-state index is 0.0387. The molecule has 2 rings (SSSR count). The Bertz CT molecular complexity index is 802. The first kappa shape index (κ1) is 18.1. The molecule has 9 heteroatoms. The molecule has 0 unspecified atom stereocenters. The Labute approximate surface area is 143 Å². The highest BCUT2D eigenvalue weighted by Crippen LogP contribution is 2.20. The fourth-order valence-electron chi connectivity index (χ4n) is 1.70. The molecule has 0 aromatic carbocycles. The minimum Gasteiger partial charge on any atom is -0.454 e. The lowest BCUT2D eigenvalue weighted by atomic mass is 10.2. The summed E-state index contributed by atoms with van der Waals surface area (Å²) in [5.41, 5.74) is -1.05. The highest BCUT2D eigenvalue weighted by Gasteiger charge is 2.25. The van der Waals surface area contributed by atoms with E-state index in [-0.39, 0.29) is 28.0 Å². The van der Waals surface area contributed by atoms with E-state index >= 15 is 0 Å². The van der Waals surface area contributed by atoms with Gasteiger partial charge in [0.1, 0.15) is 16.7 Å². The third kappa shape index (κ3) is 4.41. The van der Waals surface area contributed by atoms with Gasteiger partial charge in [0.15, 0.2) is 10.8 Å². The van der Waals surface area contributed by atoms with E-state index in [0.717, 1.165) is 0 Å². The van der Waals surface area contributed by atoms with Crippen LogP contribution in [-0.2, 0) is 9.47 Å². The van der Waals surface area contributed by atoms with Crippen LogP contribution in [0.3, 0.4) is 0 Å². The van der Waals surface area contributed by atoms with Crippen molar-refractivity contribution < 1.29 is 19.1 Å². The van der Waals surface area contributed by atoms with E-state index in [2.05, 4.69) is 19.9 Å². The molecule has 0 aliphatic heterocycles. The van der Waals surface area contributed by atoms with Crippen molar-refractivity contribution in [2.45, 2.75) is 52.7 Å². The lowest BCUT2D eigenvalue weighted by Gasteiger charge is -2.18. The van der Waals surface area contributed by atoms with Crippen LogP contribution in [0.15, 0.2) is 0 Å². The maximum atomic E-state index is 12.0. The van der Waals surface area contributed by atoms with Crippen molar-refractivity contribution in [3.63, 3.8) is 0 Å². The van der Waals surface area contributed by atoms with Crippen molar-refractivity contribution in [1.29, 1.82) is 0 Å². The van der Waals surface area contributed by atoms with Gasteiger partial charge in [-0.1, -0.05) is 11.6 Å². The quantitative estimate of drug-likeness (QED) is 0.652. The van der Waals surface area contributed by atoms with Crippen molar-refractivity contribution >= 4 is 34.7 Å². The van der Waals surface area contributed by atoms with Crippen molar-refractivity contribution in [1.82, 2.24) is 19.9 Å². The van der Waals surface area contributed by atoms with E-state index < -0.39 is 23.1 Å². The second-order valence-corrected chi connectivity index (χ2v) is 7.48. The summed E-state index contributed by atoms with van der Waals surface area (Å²) >= 11 is 6.05. The van der Waals surface area contributed by atoms with Crippen molar-refractivity contribution in [3.05, 3.63) is 16.8 Å². The third-order valence-electron chi connectivity index (χ3n) is 2.48. The molecule has 0 radical (unpaired) electrons. The number of ether oxygens (including phenoxy) is 2. The van der Waals surface area contributed by atoms with E-state index in [9.17, 15) is 9.59 Å². The summed E-state index contributed by atoms with van der Waals surface area (Å²) in [7, 11) is 0. The molecule has 0 aliphatic rings. The first-order chi connectivity index (χ1) is 10.9. The summed E-state index contributed by atoms with van der Waals surface area (Å²) in [5, 5.41) is -0.0387. The van der Waals surface area contributed by atoms with Gasteiger partial charge in [-0.3, -0.25) is 0 Å². The molecule has 0 fully saturated rings. The monoisotopic (exact) mass is 354 g/mol. The number of carbonyl (C=O) groups excluding carboxylic acids is 2. The number of rotatable bonds is 2. The molecule has 0 saturated heterocycles. The second kappa shape index (κ2) is 6.01. The molecule has 0 spiro atoms. The Morgan fingerprint density at radius 1 is 0.917 bits per heavy atom. The van der Waals surface area contributed by atoms with E-state index in [4.69, 9.17) is 21.1 Å². The molecular weight excluding hydrogens is 336 g/mol. The van der Waals surface area contributed by atoms with E-state index in [1.807, 2.05) is 0 Å². The molecule has 1 N–H and O–H groups in total. The first-order valence-electron chi connectivity index (χ1n) is 7.26. The lowest BCUT2D eigenvalue weighted by Crippen LogP contribution is -2.25. The van der Waals surface area contributed by atoms with Gasteiger partial charge in [0.2, 0.25) is 11.6 Å². The molecule has 8 nitrogen and oxygen atoms in total. The zero-order valence-corrected chi connectivity index (χ0v) is 15.1. The average molecular weight is 355 g/mol. The Balaban J connectivity index is 2.38. The number of nitrogens with zero attached hydrogens (tertiary/aromatic N) is 3. The topological polar surface area (TPSA) is 107 Å². The fourth-order valence-corrected chi connectivity index (χ4v) is 1.91. The fraction of sp³-hybridized carbons (Fsp3) is 0.533. The highest BCUT2D eigenvalue weighted by molar-refractivity contribution is 6.33. The van der Waals surface area contributed by atoms with Crippen LogP contribution in [0, 0.1) is 0 Å². The maximum absolute atomic E-state index is 12.0. The molecule has 2 aromatic rings. The van der Waals surface area contributed by atoms with E-state index in [1.54, 1.807) is 41.5 Å². The van der Waals surface area contributed by atoms with Gasteiger partial charge in [0.05, 0.1) is 0 Å². The van der Waals surface area contributed by atoms with Crippen LogP contribution in [0.4, 0.5) is 0 Å². The standard InChI is InChI=1S/C15H19ClN4O4/c1-14(2,3)23-12(21)10-17-7-8(16)18-11(20-9(7)19-10)13(22)24-15(4,5)6/h1-6H3,(H,17,18,19,20). The number of hydrogen-bond acceptors (Lipinski definition) is 7. The Kier molecular flexibility index (Phi) is 4.54. The summed E-state index contributed by atoms with van der Waals surface area (Å²) in [6, 6.07) is 0. The second-order valence-electron chi connectivity index (χ2n) is 7.13. The van der Waals surface area contributed by atoms with Gasteiger partial charge in [-0.05, 0) is 41.5 Å². The van der Waals surface area contributed by atoms with Crippen molar-refractivity contribution in [2.75, 3.05) is 0 Å². The number of aromatic amines is 1. The van der Waals surface area contributed by atoms with Gasteiger partial charge in [0, 0.05) is 0 Å². The summed E-state index contributed by atoms with van der Waals surface area (Å²) in [5.74, 6) is -1.69. The number of fused-ring (bicyclic) bond motifs is 1. The summed E-state index contributed by atoms with van der Waals surface area (Å²) < 4.78 is 10.4. The SMILES string of the molecule is CC(C)(C)OC(=O)c1nc(Cl)c2[nH]c(C(=O)OC(C)(C)C)nc2n1. The lowest BCUT2D eigenvalue weighted by molar-refractivity contribution is 0.00454. The Morgan fingerprint density at radius 2 is 1.46 bits per heavy atom. The van der Waals surface area contributed by atoms with Gasteiger partial charge < -0.3 is 14.5 Å². The number of nitrogens with one attached hydrogen (secondary N) is 1. The van der Waals surface area contributed by atoms with Crippen LogP contribution in [0.2, 0.25) is 5.15 Å². The average Bonchev–Trinajstić information content (AvgIpc) is 2.79. The zero-order chi connectivity index (χ0) is 18.3. The predicted molar refractivity (Wildman–Crippen MR) is 87.0 cm³/mol. The van der Waals surface area contributed by atoms with E-state index in [1.165, 1.54) is 0 Å². The number of hydrogen-bond donors (Lipinski definition) is 1. The predicted octanol–water partition coefficient (Wildman–Crippen LogP) is 2.92. The molecular formula is C15H19ClN4O4. The van der Waals surface area contributed by atoms with Crippen LogP contribution in [-0.4, -0.2) is 43.1 Å². The number of carbonyl (C=O) groups is 2. The number of esters is 2. The number of aromatic nitrogens is 4. The normalized spacial score (nSPS) is 12.3. The molecule has 2 heterocycles. The number of imidazole rings is 1. The minimum atomic E-state index is -0.729. The largest absolute Gasteiger partial charge is 0.454 e. The molecule has 24 heavy (non-hydrogen) atoms. The van der Waals surface area contributed by atoms with Gasteiger partial charge in [-0.25, -0.2) is 24.5 Å². The maximum Gasteiger partial charge on any atom is 0.377 e. The molecule has 0 amide bonds. The number of H-pyrrole nitrogens is 1. The Morgan fingerprint density at radius 3 is 2.00 bits per heavy atom. The van der Waals surface area contributed by atoms with Crippen LogP contribution in [0.5, 0.6) is 0 Å². The third-order valence-corrected chi connectivity index (χ3v) is 2.75. The van der Waals surface area contributed by atoms with Gasteiger partial charge in [-0.2, -0.15) is 0 Å². The smallest absolute Gasteiger partial charge is 0.377 e. The van der Waals surface area contributed by atoms with Crippen LogP contribution in [0.1, 0.15) is 62.8 Å². The van der Waals surface area contributed by atoms with Crippen molar-refractivity contribution in [3.8, 4) is 0 Å². The molecule has 0 atom stereocenters. The van der Waals surface area contributed by atoms with Crippen LogP contribution in [0.25, 0.3) is 11.2 Å². The Hall–Kier alpha value is -2.22. The van der Waals surface area contributed by atoms with E-state index in [0.29, 0.717) is 0 Å². The van der Waals surface area contributed by atoms with Gasteiger partial charge in [0.25, 0.3) is 0 Å². The van der Waals surface area contributed by atoms with Crippen LogP contribution >= 0.6 is 11.6 Å². The van der Waals surface area contributed by atoms with Gasteiger partial charge >= 0.3 is 11.9 Å². The van der Waals surface area contributed by atoms with Gasteiger partial charge in [-0.15, -0.1) is 0 Å². The molecule has 2 aromatic heterocycles. The highest BCUT2D eigenvalue weighted by atomic mass is 35.5. The summed E-state index contributed by atoms with van der Waals surface area (Å²) in [6.45, 7) is 10.4.